The third-order valence-electron chi connectivity index (χ3n) is 3.87. The monoisotopic (exact) mass is 318 g/mol. The summed E-state index contributed by atoms with van der Waals surface area (Å²) in [5, 5.41) is 2.68. The molecule has 0 aliphatic heterocycles. The Morgan fingerprint density at radius 3 is 2.30 bits per heavy atom. The normalized spacial score (nSPS) is 11.0. The molecule has 23 heavy (non-hydrogen) atoms. The van der Waals surface area contributed by atoms with E-state index in [4.69, 9.17) is 0 Å². The molecule has 0 aliphatic carbocycles. The zero-order valence-corrected chi connectivity index (χ0v) is 13.4. The third-order valence-corrected chi connectivity index (χ3v) is 4.74. The number of nitrogens with zero attached hydrogens (tertiary/aromatic N) is 1. The van der Waals surface area contributed by atoms with Crippen molar-refractivity contribution in [3.63, 3.8) is 0 Å². The fourth-order valence-electron chi connectivity index (χ4n) is 2.74. The summed E-state index contributed by atoms with van der Waals surface area (Å²) in [6, 6.07) is 18.5. The van der Waals surface area contributed by atoms with E-state index >= 15 is 0 Å². The van der Waals surface area contributed by atoms with Crippen molar-refractivity contribution in [3.05, 3.63) is 76.2 Å². The first-order valence-corrected chi connectivity index (χ1v) is 8.24. The molecule has 0 bridgehead atoms. The number of aromatic amines is 1. The maximum atomic E-state index is 12.3. The van der Waals surface area contributed by atoms with Crippen LogP contribution in [0, 0.1) is 6.92 Å². The Balaban J connectivity index is 1.82. The molecule has 0 fully saturated rings. The van der Waals surface area contributed by atoms with E-state index in [1.54, 1.807) is 6.92 Å². The summed E-state index contributed by atoms with van der Waals surface area (Å²) in [7, 11) is 0. The molecule has 0 saturated carbocycles. The van der Waals surface area contributed by atoms with Crippen molar-refractivity contribution in [1.29, 1.82) is 0 Å². The van der Waals surface area contributed by atoms with Crippen LogP contribution in [0.2, 0.25) is 0 Å². The van der Waals surface area contributed by atoms with Gasteiger partial charge in [-0.25, -0.2) is 4.98 Å². The van der Waals surface area contributed by atoms with E-state index in [0.29, 0.717) is 11.2 Å². The van der Waals surface area contributed by atoms with E-state index in [2.05, 4.69) is 46.4 Å². The van der Waals surface area contributed by atoms with Crippen molar-refractivity contribution in [1.82, 2.24) is 9.97 Å². The molecule has 4 heteroatoms. The van der Waals surface area contributed by atoms with Gasteiger partial charge in [0.1, 0.15) is 10.7 Å². The average molecular weight is 318 g/mol. The van der Waals surface area contributed by atoms with E-state index in [1.807, 2.05) is 23.6 Å². The number of nitrogens with one attached hydrogen (secondary N) is 1. The van der Waals surface area contributed by atoms with Crippen LogP contribution < -0.4 is 5.56 Å². The van der Waals surface area contributed by atoms with Gasteiger partial charge in [0.05, 0.1) is 5.39 Å². The summed E-state index contributed by atoms with van der Waals surface area (Å²) in [5.74, 6) is 0.648. The van der Waals surface area contributed by atoms with Crippen molar-refractivity contribution < 1.29 is 0 Å². The smallest absolute Gasteiger partial charge is 0.260 e. The SMILES string of the molecule is Cc1nc2scc(-c3ccc(-c4ccccc4)cc3)c2c(=O)[nH]1. The minimum absolute atomic E-state index is 0.0733. The van der Waals surface area contributed by atoms with E-state index in [9.17, 15) is 4.79 Å². The van der Waals surface area contributed by atoms with Crippen molar-refractivity contribution in [2.45, 2.75) is 6.92 Å². The van der Waals surface area contributed by atoms with Crippen LogP contribution in [-0.4, -0.2) is 9.97 Å². The molecule has 2 aromatic carbocycles. The summed E-state index contributed by atoms with van der Waals surface area (Å²) in [6.45, 7) is 1.80. The predicted molar refractivity (Wildman–Crippen MR) is 95.8 cm³/mol. The van der Waals surface area contributed by atoms with E-state index in [-0.39, 0.29) is 5.56 Å². The average Bonchev–Trinajstić information content (AvgIpc) is 3.00. The zero-order valence-electron chi connectivity index (χ0n) is 12.5. The maximum absolute atomic E-state index is 12.3. The Hall–Kier alpha value is -2.72. The molecule has 0 atom stereocenters. The second kappa shape index (κ2) is 5.48. The van der Waals surface area contributed by atoms with Gasteiger partial charge in [0.25, 0.3) is 5.56 Å². The van der Waals surface area contributed by atoms with Gasteiger partial charge in [-0.3, -0.25) is 4.79 Å². The van der Waals surface area contributed by atoms with Gasteiger partial charge in [0.15, 0.2) is 0 Å². The first-order valence-electron chi connectivity index (χ1n) is 7.36. The summed E-state index contributed by atoms with van der Waals surface area (Å²) >= 11 is 1.51. The van der Waals surface area contributed by atoms with E-state index in [1.165, 1.54) is 16.9 Å². The molecule has 0 aliphatic rings. The predicted octanol–water partition coefficient (Wildman–Crippen LogP) is 4.63. The van der Waals surface area contributed by atoms with Gasteiger partial charge < -0.3 is 4.98 Å². The summed E-state index contributed by atoms with van der Waals surface area (Å²) < 4.78 is 0. The van der Waals surface area contributed by atoms with Crippen LogP contribution in [0.15, 0.2) is 64.8 Å². The molecule has 0 unspecified atom stereocenters. The summed E-state index contributed by atoms with van der Waals surface area (Å²) in [4.78, 5) is 20.2. The Morgan fingerprint density at radius 1 is 0.913 bits per heavy atom. The highest BCUT2D eigenvalue weighted by Gasteiger charge is 2.12. The highest BCUT2D eigenvalue weighted by atomic mass is 32.1. The number of aromatic nitrogens is 2. The molecule has 3 nitrogen and oxygen atoms in total. The standard InChI is InChI=1S/C19H14N2OS/c1-12-20-18(22)17-16(11-23-19(17)21-12)15-9-7-14(8-10-15)13-5-3-2-4-6-13/h2-11H,1H3,(H,20,21,22). The van der Waals surface area contributed by atoms with Crippen LogP contribution in [0.4, 0.5) is 0 Å². The topological polar surface area (TPSA) is 45.8 Å². The summed E-state index contributed by atoms with van der Waals surface area (Å²) in [5.41, 5.74) is 4.25. The van der Waals surface area contributed by atoms with Gasteiger partial charge in [0.2, 0.25) is 0 Å². The fourth-order valence-corrected chi connectivity index (χ4v) is 3.74. The lowest BCUT2D eigenvalue weighted by Gasteiger charge is -2.04. The number of benzene rings is 2. The largest absolute Gasteiger partial charge is 0.310 e. The van der Waals surface area contributed by atoms with E-state index < -0.39 is 0 Å². The van der Waals surface area contributed by atoms with Gasteiger partial charge in [-0.05, 0) is 23.6 Å². The molecule has 2 heterocycles. The van der Waals surface area contributed by atoms with Gasteiger partial charge in [0, 0.05) is 10.9 Å². The Labute approximate surface area is 137 Å². The maximum Gasteiger partial charge on any atom is 0.260 e. The molecule has 112 valence electrons. The minimum atomic E-state index is -0.0733. The van der Waals surface area contributed by atoms with Gasteiger partial charge >= 0.3 is 0 Å². The second-order valence-electron chi connectivity index (χ2n) is 5.42. The molecule has 0 amide bonds. The second-order valence-corrected chi connectivity index (χ2v) is 6.28. The highest BCUT2D eigenvalue weighted by Crippen LogP contribution is 2.32. The van der Waals surface area contributed by atoms with Crippen molar-refractivity contribution in [3.8, 4) is 22.3 Å². The van der Waals surface area contributed by atoms with Crippen molar-refractivity contribution in [2.24, 2.45) is 0 Å². The molecule has 4 rings (SSSR count). The minimum Gasteiger partial charge on any atom is -0.310 e. The first kappa shape index (κ1) is 13.9. The number of aryl methyl sites for hydroxylation is 1. The Bertz CT molecular complexity index is 1030. The molecule has 2 aromatic heterocycles. The van der Waals surface area contributed by atoms with Crippen molar-refractivity contribution in [2.75, 3.05) is 0 Å². The van der Waals surface area contributed by atoms with Gasteiger partial charge in [-0.15, -0.1) is 11.3 Å². The molecule has 4 aromatic rings. The third kappa shape index (κ3) is 2.47. The Morgan fingerprint density at radius 2 is 1.57 bits per heavy atom. The van der Waals surface area contributed by atoms with Crippen LogP contribution in [0.3, 0.4) is 0 Å². The number of fused-ring (bicyclic) bond motifs is 1. The fraction of sp³-hybridized carbons (Fsp3) is 0.0526. The Kier molecular flexibility index (Phi) is 3.32. The number of rotatable bonds is 2. The van der Waals surface area contributed by atoms with Crippen LogP contribution in [0.5, 0.6) is 0 Å². The van der Waals surface area contributed by atoms with Crippen LogP contribution in [-0.2, 0) is 0 Å². The van der Waals surface area contributed by atoms with Crippen molar-refractivity contribution >= 4 is 21.6 Å². The van der Waals surface area contributed by atoms with E-state index in [0.717, 1.165) is 21.5 Å². The molecule has 1 N–H and O–H groups in total. The molecule has 0 spiro atoms. The highest BCUT2D eigenvalue weighted by molar-refractivity contribution is 7.17. The van der Waals surface area contributed by atoms with Crippen LogP contribution >= 0.6 is 11.3 Å². The lowest BCUT2D eigenvalue weighted by atomic mass is 10.0. The van der Waals surface area contributed by atoms with Gasteiger partial charge in [-0.1, -0.05) is 54.6 Å². The molecular formula is C19H14N2OS. The summed E-state index contributed by atoms with van der Waals surface area (Å²) in [6.07, 6.45) is 0. The lowest BCUT2D eigenvalue weighted by molar-refractivity contribution is 1.07. The number of H-pyrrole nitrogens is 1. The number of thiophene rings is 1. The zero-order chi connectivity index (χ0) is 15.8. The quantitative estimate of drug-likeness (QED) is 0.586. The number of hydrogen-bond donors (Lipinski definition) is 1. The molecule has 0 radical (unpaired) electrons. The number of hydrogen-bond acceptors (Lipinski definition) is 3. The van der Waals surface area contributed by atoms with Crippen LogP contribution in [0.25, 0.3) is 32.5 Å². The molecular weight excluding hydrogens is 304 g/mol. The lowest BCUT2D eigenvalue weighted by Crippen LogP contribution is -2.08. The molecule has 0 saturated heterocycles. The first-order chi connectivity index (χ1) is 11.2. The van der Waals surface area contributed by atoms with Crippen LogP contribution in [0.1, 0.15) is 5.82 Å². The van der Waals surface area contributed by atoms with Gasteiger partial charge in [-0.2, -0.15) is 0 Å².